The van der Waals surface area contributed by atoms with Gasteiger partial charge in [0.1, 0.15) is 5.82 Å². The third-order valence-corrected chi connectivity index (χ3v) is 3.94. The van der Waals surface area contributed by atoms with Crippen molar-refractivity contribution in [2.45, 2.75) is 26.2 Å². The molecule has 0 spiro atoms. The van der Waals surface area contributed by atoms with E-state index in [1.54, 1.807) is 0 Å². The van der Waals surface area contributed by atoms with Crippen LogP contribution in [0.3, 0.4) is 0 Å². The Bertz CT molecular complexity index is 534. The Kier molecular flexibility index (Phi) is 3.87. The molecule has 1 atom stereocenters. The fourth-order valence-corrected chi connectivity index (χ4v) is 2.60. The van der Waals surface area contributed by atoms with Crippen molar-refractivity contribution in [1.29, 1.82) is 0 Å². The van der Waals surface area contributed by atoms with Crippen molar-refractivity contribution in [2.24, 2.45) is 11.1 Å². The number of aromatic nitrogens is 2. The molecule has 1 aliphatic heterocycles. The van der Waals surface area contributed by atoms with Crippen molar-refractivity contribution in [1.82, 2.24) is 9.97 Å². The highest BCUT2D eigenvalue weighted by molar-refractivity contribution is 5.85. The van der Waals surface area contributed by atoms with Crippen molar-refractivity contribution in [2.75, 3.05) is 18.0 Å². The van der Waals surface area contributed by atoms with Crippen LogP contribution < -0.4 is 10.6 Å². The number of aromatic carboxylic acids is 1. The van der Waals surface area contributed by atoms with Crippen LogP contribution >= 0.6 is 0 Å². The molecule has 1 aliphatic rings. The van der Waals surface area contributed by atoms with Gasteiger partial charge < -0.3 is 15.7 Å². The first kappa shape index (κ1) is 14.2. The van der Waals surface area contributed by atoms with Crippen molar-refractivity contribution in [3.63, 3.8) is 0 Å². The molecule has 20 heavy (non-hydrogen) atoms. The van der Waals surface area contributed by atoms with E-state index in [9.17, 15) is 9.59 Å². The number of hydrogen-bond acceptors (Lipinski definition) is 5. The summed E-state index contributed by atoms with van der Waals surface area (Å²) >= 11 is 0. The summed E-state index contributed by atoms with van der Waals surface area (Å²) in [6, 6.07) is 0. The van der Waals surface area contributed by atoms with Gasteiger partial charge >= 0.3 is 5.97 Å². The molecule has 2 rings (SSSR count). The molecule has 0 radical (unpaired) electrons. The van der Waals surface area contributed by atoms with Crippen LogP contribution in [0.5, 0.6) is 0 Å². The first-order valence-corrected chi connectivity index (χ1v) is 6.59. The molecule has 1 saturated heterocycles. The van der Waals surface area contributed by atoms with E-state index in [2.05, 4.69) is 9.97 Å². The maximum absolute atomic E-state index is 11.7. The number of nitrogens with zero attached hydrogens (tertiary/aromatic N) is 3. The van der Waals surface area contributed by atoms with Crippen LogP contribution in [0.2, 0.25) is 0 Å². The fourth-order valence-electron chi connectivity index (χ4n) is 2.60. The molecule has 1 aromatic heterocycles. The average molecular weight is 278 g/mol. The lowest BCUT2D eigenvalue weighted by Crippen LogP contribution is -2.50. The molecule has 0 aliphatic carbocycles. The van der Waals surface area contributed by atoms with Gasteiger partial charge in [0.15, 0.2) is 5.69 Å². The van der Waals surface area contributed by atoms with Crippen LogP contribution in [0.15, 0.2) is 12.4 Å². The lowest BCUT2D eigenvalue weighted by atomic mass is 9.77. The second kappa shape index (κ2) is 5.44. The molecule has 7 heteroatoms. The van der Waals surface area contributed by atoms with Crippen LogP contribution in [0.1, 0.15) is 36.7 Å². The maximum Gasteiger partial charge on any atom is 0.356 e. The van der Waals surface area contributed by atoms with Crippen LogP contribution in [0, 0.1) is 5.41 Å². The van der Waals surface area contributed by atoms with Gasteiger partial charge in [-0.1, -0.05) is 6.92 Å². The van der Waals surface area contributed by atoms with E-state index in [1.807, 2.05) is 11.8 Å². The highest BCUT2D eigenvalue weighted by Crippen LogP contribution is 2.34. The Hall–Kier alpha value is -2.18. The van der Waals surface area contributed by atoms with Crippen molar-refractivity contribution in [3.8, 4) is 0 Å². The zero-order valence-corrected chi connectivity index (χ0v) is 11.4. The zero-order valence-electron chi connectivity index (χ0n) is 11.4. The van der Waals surface area contributed by atoms with E-state index in [1.165, 1.54) is 12.4 Å². The molecule has 0 bridgehead atoms. The molecular formula is C13H18N4O3. The minimum atomic E-state index is -1.12. The molecule has 1 fully saturated rings. The summed E-state index contributed by atoms with van der Waals surface area (Å²) in [4.78, 5) is 32.5. The predicted octanol–water partition coefficient (Wildman–Crippen LogP) is 0.657. The number of rotatable bonds is 4. The summed E-state index contributed by atoms with van der Waals surface area (Å²) in [5.41, 5.74) is 4.86. The van der Waals surface area contributed by atoms with Gasteiger partial charge in [-0.25, -0.2) is 9.78 Å². The molecule has 2 heterocycles. The van der Waals surface area contributed by atoms with Crippen LogP contribution in [0.4, 0.5) is 5.82 Å². The molecule has 3 N–H and O–H groups in total. The number of primary amides is 1. The molecule has 1 amide bonds. The topological polar surface area (TPSA) is 109 Å². The molecule has 0 saturated carbocycles. The first-order valence-electron chi connectivity index (χ1n) is 6.59. The van der Waals surface area contributed by atoms with Gasteiger partial charge in [0.05, 0.1) is 17.8 Å². The van der Waals surface area contributed by atoms with Crippen molar-refractivity contribution >= 4 is 17.7 Å². The van der Waals surface area contributed by atoms with Gasteiger partial charge in [-0.15, -0.1) is 0 Å². The minimum Gasteiger partial charge on any atom is -0.476 e. The quantitative estimate of drug-likeness (QED) is 0.837. The average Bonchev–Trinajstić information content (AvgIpc) is 2.47. The van der Waals surface area contributed by atoms with E-state index < -0.39 is 11.4 Å². The van der Waals surface area contributed by atoms with Gasteiger partial charge in [-0.05, 0) is 19.3 Å². The third kappa shape index (κ3) is 2.56. The maximum atomic E-state index is 11.7. The van der Waals surface area contributed by atoms with Gasteiger partial charge in [0.2, 0.25) is 5.91 Å². The SMILES string of the molecule is CCC1(C(N)=O)CCCN(c2cncc(C(=O)O)n2)C1. The zero-order chi connectivity index (χ0) is 14.8. The summed E-state index contributed by atoms with van der Waals surface area (Å²) in [5, 5.41) is 8.95. The monoisotopic (exact) mass is 278 g/mol. The number of hydrogen-bond donors (Lipinski definition) is 2. The number of carbonyl (C=O) groups excluding carboxylic acids is 1. The summed E-state index contributed by atoms with van der Waals surface area (Å²) in [5.74, 6) is -0.955. The summed E-state index contributed by atoms with van der Waals surface area (Å²) in [6.07, 6.45) is 4.94. The van der Waals surface area contributed by atoms with Crippen molar-refractivity contribution in [3.05, 3.63) is 18.1 Å². The minimum absolute atomic E-state index is 0.103. The Morgan fingerprint density at radius 3 is 2.85 bits per heavy atom. The molecule has 1 unspecified atom stereocenters. The Labute approximate surface area is 116 Å². The number of carboxylic acid groups (broad SMARTS) is 1. The summed E-state index contributed by atoms with van der Waals surface area (Å²) in [6.45, 7) is 3.11. The smallest absolute Gasteiger partial charge is 0.356 e. The van der Waals surface area contributed by atoms with E-state index in [-0.39, 0.29) is 11.6 Å². The summed E-state index contributed by atoms with van der Waals surface area (Å²) in [7, 11) is 0. The highest BCUT2D eigenvalue weighted by atomic mass is 16.4. The summed E-state index contributed by atoms with van der Waals surface area (Å²) < 4.78 is 0. The highest BCUT2D eigenvalue weighted by Gasteiger charge is 2.39. The number of carbonyl (C=O) groups is 2. The Morgan fingerprint density at radius 2 is 2.25 bits per heavy atom. The van der Waals surface area contributed by atoms with E-state index in [0.29, 0.717) is 25.3 Å². The normalized spacial score (nSPS) is 22.6. The van der Waals surface area contributed by atoms with E-state index in [0.717, 1.165) is 12.8 Å². The number of carboxylic acids is 1. The van der Waals surface area contributed by atoms with Gasteiger partial charge in [-0.2, -0.15) is 0 Å². The number of piperidine rings is 1. The van der Waals surface area contributed by atoms with Gasteiger partial charge in [0.25, 0.3) is 0 Å². The standard InChI is InChI=1S/C13H18N4O3/c1-2-13(12(14)20)4-3-5-17(8-13)10-7-15-6-9(16-10)11(18)19/h6-7H,2-5,8H2,1H3,(H2,14,20)(H,18,19). The Balaban J connectivity index is 2.27. The lowest BCUT2D eigenvalue weighted by Gasteiger charge is -2.40. The number of anilines is 1. The van der Waals surface area contributed by atoms with E-state index >= 15 is 0 Å². The first-order chi connectivity index (χ1) is 9.48. The molecule has 1 aromatic rings. The number of nitrogens with two attached hydrogens (primary N) is 1. The van der Waals surface area contributed by atoms with Crippen LogP contribution in [0.25, 0.3) is 0 Å². The van der Waals surface area contributed by atoms with Gasteiger partial charge in [-0.3, -0.25) is 9.78 Å². The second-order valence-electron chi connectivity index (χ2n) is 5.09. The van der Waals surface area contributed by atoms with Crippen molar-refractivity contribution < 1.29 is 14.7 Å². The van der Waals surface area contributed by atoms with Crippen LogP contribution in [-0.4, -0.2) is 40.0 Å². The lowest BCUT2D eigenvalue weighted by molar-refractivity contribution is -0.128. The Morgan fingerprint density at radius 1 is 1.50 bits per heavy atom. The van der Waals surface area contributed by atoms with Gasteiger partial charge in [0, 0.05) is 13.1 Å². The second-order valence-corrected chi connectivity index (χ2v) is 5.09. The van der Waals surface area contributed by atoms with E-state index in [4.69, 9.17) is 10.8 Å². The third-order valence-electron chi connectivity index (χ3n) is 3.94. The largest absolute Gasteiger partial charge is 0.476 e. The predicted molar refractivity (Wildman–Crippen MR) is 72.4 cm³/mol. The molecular weight excluding hydrogens is 260 g/mol. The fraction of sp³-hybridized carbons (Fsp3) is 0.538. The number of amides is 1. The molecule has 0 aromatic carbocycles. The molecule has 7 nitrogen and oxygen atoms in total. The van der Waals surface area contributed by atoms with Crippen LogP contribution in [-0.2, 0) is 4.79 Å². The molecule has 108 valence electrons.